The van der Waals surface area contributed by atoms with Gasteiger partial charge in [-0.2, -0.15) is 0 Å². The zero-order valence-corrected chi connectivity index (χ0v) is 19.2. The van der Waals surface area contributed by atoms with Gasteiger partial charge in [0.05, 0.1) is 23.2 Å². The van der Waals surface area contributed by atoms with Gasteiger partial charge in [0.2, 0.25) is 5.43 Å². The number of aromatic nitrogens is 1. The second-order valence-electron chi connectivity index (χ2n) is 8.02. The number of aromatic carboxylic acids is 1. The Hall–Kier alpha value is -2.81. The van der Waals surface area contributed by atoms with E-state index in [2.05, 4.69) is 0 Å². The molecule has 1 N–H and O–H groups in total. The van der Waals surface area contributed by atoms with E-state index in [1.807, 2.05) is 13.8 Å². The van der Waals surface area contributed by atoms with Crippen LogP contribution < -0.4 is 5.43 Å². The molecule has 0 fully saturated rings. The summed E-state index contributed by atoms with van der Waals surface area (Å²) >= 11 is 5.82. The van der Waals surface area contributed by atoms with Crippen molar-refractivity contribution in [3.63, 3.8) is 0 Å². The Bertz CT molecular complexity index is 1240. The topological polar surface area (TPSA) is 77.8 Å². The maximum Gasteiger partial charge on any atom is 0.341 e. The van der Waals surface area contributed by atoms with Gasteiger partial charge in [0.25, 0.3) is 0 Å². The van der Waals surface area contributed by atoms with Crippen LogP contribution in [0.15, 0.2) is 41.3 Å². The third-order valence-electron chi connectivity index (χ3n) is 5.46. The number of halogens is 3. The highest BCUT2D eigenvalue weighted by Gasteiger charge is 2.23. The third kappa shape index (κ3) is 5.24. The summed E-state index contributed by atoms with van der Waals surface area (Å²) in [7, 11) is 1.47. The molecule has 9 heteroatoms. The first-order valence-corrected chi connectivity index (χ1v) is 10.6. The van der Waals surface area contributed by atoms with Crippen LogP contribution in [-0.4, -0.2) is 36.2 Å². The van der Waals surface area contributed by atoms with Gasteiger partial charge < -0.3 is 19.1 Å². The number of fused-ring (bicyclic) bond motifs is 1. The molecule has 0 aliphatic heterocycles. The Kier molecular flexibility index (Phi) is 7.84. The minimum absolute atomic E-state index is 0.0196. The van der Waals surface area contributed by atoms with Crippen molar-refractivity contribution in [3.05, 3.63) is 80.1 Å². The Morgan fingerprint density at radius 3 is 2.58 bits per heavy atom. The lowest BCUT2D eigenvalue weighted by atomic mass is 9.99. The molecule has 0 aliphatic rings. The first-order valence-electron chi connectivity index (χ1n) is 10.3. The average molecular weight is 480 g/mol. The lowest BCUT2D eigenvalue weighted by Crippen LogP contribution is -2.26. The van der Waals surface area contributed by atoms with Gasteiger partial charge in [-0.25, -0.2) is 13.6 Å². The molecule has 1 atom stereocenters. The number of hydrogen-bond acceptors (Lipinski definition) is 4. The molecule has 0 radical (unpaired) electrons. The van der Waals surface area contributed by atoms with Gasteiger partial charge in [-0.15, -0.1) is 0 Å². The summed E-state index contributed by atoms with van der Waals surface area (Å²) in [5.74, 6) is -2.77. The summed E-state index contributed by atoms with van der Waals surface area (Å²) < 4.78 is 41.4. The zero-order chi connectivity index (χ0) is 24.3. The zero-order valence-electron chi connectivity index (χ0n) is 18.4. The molecule has 33 heavy (non-hydrogen) atoms. The quantitative estimate of drug-likeness (QED) is 0.343. The number of ether oxygens (including phenoxy) is 2. The molecule has 0 saturated carbocycles. The van der Waals surface area contributed by atoms with Gasteiger partial charge in [0.15, 0.2) is 0 Å². The van der Waals surface area contributed by atoms with Crippen molar-refractivity contribution < 1.29 is 28.2 Å². The number of carboxylic acids is 1. The van der Waals surface area contributed by atoms with E-state index in [9.17, 15) is 19.1 Å². The molecule has 1 heterocycles. The van der Waals surface area contributed by atoms with Crippen LogP contribution in [0.25, 0.3) is 10.9 Å². The standard InChI is InChI=1S/C24H24ClF2NO5/c1-13(2)21(11-33-12-32-3)28-10-17(24(30)31)23(29)16-8-15(19(26)9-20(16)28)7-14-5-4-6-18(25)22(14)27/h4-6,8-10,13,21H,7,11-12H2,1-3H3,(H,30,31)/t21-/m1/s1. The summed E-state index contributed by atoms with van der Waals surface area (Å²) in [6.07, 6.45) is 1.05. The van der Waals surface area contributed by atoms with Gasteiger partial charge in [-0.1, -0.05) is 37.6 Å². The van der Waals surface area contributed by atoms with Gasteiger partial charge in [0, 0.05) is 25.1 Å². The van der Waals surface area contributed by atoms with Crippen molar-refractivity contribution in [1.82, 2.24) is 4.57 Å². The highest BCUT2D eigenvalue weighted by Crippen LogP contribution is 2.28. The predicted octanol–water partition coefficient (Wildman–Crippen LogP) is 5.04. The number of carboxylic acid groups (broad SMARTS) is 1. The summed E-state index contributed by atoms with van der Waals surface area (Å²) in [4.78, 5) is 24.7. The predicted molar refractivity (Wildman–Crippen MR) is 121 cm³/mol. The fourth-order valence-electron chi connectivity index (χ4n) is 3.71. The first kappa shape index (κ1) is 24.8. The van der Waals surface area contributed by atoms with Crippen molar-refractivity contribution in [1.29, 1.82) is 0 Å². The molecule has 176 valence electrons. The number of benzene rings is 2. The minimum Gasteiger partial charge on any atom is -0.477 e. The smallest absolute Gasteiger partial charge is 0.341 e. The van der Waals surface area contributed by atoms with Crippen LogP contribution in [0.3, 0.4) is 0 Å². The summed E-state index contributed by atoms with van der Waals surface area (Å²) in [5, 5.41) is 9.53. The highest BCUT2D eigenvalue weighted by molar-refractivity contribution is 6.30. The largest absolute Gasteiger partial charge is 0.477 e. The number of methoxy groups -OCH3 is 1. The van der Waals surface area contributed by atoms with Gasteiger partial charge in [-0.3, -0.25) is 4.79 Å². The average Bonchev–Trinajstić information content (AvgIpc) is 2.76. The lowest BCUT2D eigenvalue weighted by Gasteiger charge is -2.26. The van der Waals surface area contributed by atoms with Crippen LogP contribution >= 0.6 is 11.6 Å². The molecule has 0 unspecified atom stereocenters. The number of hydrogen-bond donors (Lipinski definition) is 1. The van der Waals surface area contributed by atoms with E-state index in [-0.39, 0.29) is 52.8 Å². The monoisotopic (exact) mass is 479 g/mol. The fourth-order valence-corrected chi connectivity index (χ4v) is 3.91. The normalized spacial score (nSPS) is 12.5. The third-order valence-corrected chi connectivity index (χ3v) is 5.75. The Morgan fingerprint density at radius 1 is 1.21 bits per heavy atom. The number of carbonyl (C=O) groups is 1. The summed E-state index contributed by atoms with van der Waals surface area (Å²) in [6.45, 7) is 3.98. The van der Waals surface area contributed by atoms with E-state index in [4.69, 9.17) is 21.1 Å². The second kappa shape index (κ2) is 10.4. The fraction of sp³-hybridized carbons (Fsp3) is 0.333. The van der Waals surface area contributed by atoms with E-state index in [1.165, 1.54) is 37.6 Å². The SMILES string of the molecule is COCOC[C@H](C(C)C)n1cc(C(=O)O)c(=O)c2cc(Cc3cccc(Cl)c3F)c(F)cc21. The minimum atomic E-state index is -1.40. The van der Waals surface area contributed by atoms with Crippen molar-refractivity contribution >= 4 is 28.5 Å². The molecule has 3 rings (SSSR count). The molecule has 0 spiro atoms. The molecular formula is C24H24ClF2NO5. The second-order valence-corrected chi connectivity index (χ2v) is 8.43. The maximum atomic E-state index is 15.1. The van der Waals surface area contributed by atoms with Crippen LogP contribution in [-0.2, 0) is 15.9 Å². The Balaban J connectivity index is 2.22. The molecule has 0 amide bonds. The number of nitrogens with zero attached hydrogens (tertiary/aromatic N) is 1. The van der Waals surface area contributed by atoms with Gasteiger partial charge >= 0.3 is 5.97 Å². The molecule has 1 aromatic heterocycles. The van der Waals surface area contributed by atoms with Crippen LogP contribution in [0.1, 0.15) is 41.4 Å². The number of rotatable bonds is 9. The summed E-state index contributed by atoms with van der Waals surface area (Å²) in [6, 6.07) is 6.45. The van der Waals surface area contributed by atoms with Crippen LogP contribution in [0.4, 0.5) is 8.78 Å². The van der Waals surface area contributed by atoms with E-state index in [0.717, 1.165) is 0 Å². The summed E-state index contributed by atoms with van der Waals surface area (Å²) in [5.41, 5.74) is -0.777. The Morgan fingerprint density at radius 2 is 1.94 bits per heavy atom. The lowest BCUT2D eigenvalue weighted by molar-refractivity contribution is -0.0457. The molecule has 3 aromatic rings. The number of pyridine rings is 1. The van der Waals surface area contributed by atoms with E-state index in [1.54, 1.807) is 10.6 Å². The highest BCUT2D eigenvalue weighted by atomic mass is 35.5. The van der Waals surface area contributed by atoms with Crippen LogP contribution in [0.5, 0.6) is 0 Å². The molecule has 2 aromatic carbocycles. The first-order chi connectivity index (χ1) is 15.6. The molecule has 0 saturated heterocycles. The van der Waals surface area contributed by atoms with Crippen molar-refractivity contribution in [2.24, 2.45) is 5.92 Å². The van der Waals surface area contributed by atoms with Gasteiger partial charge in [0.1, 0.15) is 24.0 Å². The van der Waals surface area contributed by atoms with E-state index in [0.29, 0.717) is 0 Å². The van der Waals surface area contributed by atoms with E-state index < -0.39 is 34.6 Å². The molecule has 6 nitrogen and oxygen atoms in total. The van der Waals surface area contributed by atoms with Crippen LogP contribution in [0.2, 0.25) is 5.02 Å². The van der Waals surface area contributed by atoms with E-state index >= 15 is 4.39 Å². The van der Waals surface area contributed by atoms with Gasteiger partial charge in [-0.05, 0) is 35.2 Å². The van der Waals surface area contributed by atoms with Crippen molar-refractivity contribution in [2.75, 3.05) is 20.5 Å². The van der Waals surface area contributed by atoms with Crippen molar-refractivity contribution in [2.45, 2.75) is 26.3 Å². The molecule has 0 aliphatic carbocycles. The maximum absolute atomic E-state index is 15.1. The van der Waals surface area contributed by atoms with Crippen molar-refractivity contribution in [3.8, 4) is 0 Å². The Labute approximate surface area is 194 Å². The molecular weight excluding hydrogens is 456 g/mol. The van der Waals surface area contributed by atoms with Crippen LogP contribution in [0, 0.1) is 17.6 Å². The molecule has 0 bridgehead atoms.